The fourth-order valence-electron chi connectivity index (χ4n) is 3.64. The standard InChI is InChI=1S/C20H20F5N/c1-18(14-7-9-16(21)10-8-14)12-26-11-17(18)13-3-5-15(6-4-13)19(2,22)20(23,24)25/h3-10,17,26H,11-12H2,1-2H3/t17-,18+,19?/m0/s1. The maximum atomic E-state index is 14.1. The molecule has 6 heteroatoms. The number of benzene rings is 2. The van der Waals surface area contributed by atoms with Crippen molar-refractivity contribution in [3.63, 3.8) is 0 Å². The highest BCUT2D eigenvalue weighted by Gasteiger charge is 2.53. The Labute approximate surface area is 149 Å². The second kappa shape index (κ2) is 6.34. The second-order valence-corrected chi connectivity index (χ2v) is 7.23. The summed E-state index contributed by atoms with van der Waals surface area (Å²) in [6.07, 6.45) is -4.97. The average molecular weight is 369 g/mol. The monoisotopic (exact) mass is 369 g/mol. The van der Waals surface area contributed by atoms with Crippen LogP contribution in [0.1, 0.15) is 36.5 Å². The van der Waals surface area contributed by atoms with Crippen molar-refractivity contribution >= 4 is 0 Å². The van der Waals surface area contributed by atoms with Crippen LogP contribution in [0.2, 0.25) is 0 Å². The molecule has 1 aliphatic rings. The third-order valence-electron chi connectivity index (χ3n) is 5.50. The predicted molar refractivity (Wildman–Crippen MR) is 90.3 cm³/mol. The van der Waals surface area contributed by atoms with Crippen LogP contribution in [-0.4, -0.2) is 19.3 Å². The Balaban J connectivity index is 1.92. The van der Waals surface area contributed by atoms with Crippen molar-refractivity contribution in [2.45, 2.75) is 37.0 Å². The molecule has 0 bridgehead atoms. The first kappa shape index (κ1) is 18.8. The molecule has 0 saturated carbocycles. The van der Waals surface area contributed by atoms with Crippen molar-refractivity contribution < 1.29 is 22.0 Å². The van der Waals surface area contributed by atoms with E-state index in [-0.39, 0.29) is 17.2 Å². The van der Waals surface area contributed by atoms with Crippen LogP contribution in [0.3, 0.4) is 0 Å². The lowest BCUT2D eigenvalue weighted by atomic mass is 9.71. The molecule has 2 aromatic rings. The molecule has 0 amide bonds. The Morgan fingerprint density at radius 2 is 1.54 bits per heavy atom. The first-order valence-corrected chi connectivity index (χ1v) is 8.38. The summed E-state index contributed by atoms with van der Waals surface area (Å²) in [5.41, 5.74) is -2.37. The minimum Gasteiger partial charge on any atom is -0.315 e. The van der Waals surface area contributed by atoms with E-state index >= 15 is 0 Å². The normalized spacial score (nSPS) is 25.9. The van der Waals surface area contributed by atoms with Crippen LogP contribution in [0.4, 0.5) is 22.0 Å². The molecule has 1 fully saturated rings. The van der Waals surface area contributed by atoms with Gasteiger partial charge in [-0.2, -0.15) is 13.2 Å². The molecule has 1 saturated heterocycles. The maximum Gasteiger partial charge on any atom is 0.426 e. The molecule has 0 radical (unpaired) electrons. The van der Waals surface area contributed by atoms with E-state index in [1.165, 1.54) is 24.3 Å². The van der Waals surface area contributed by atoms with Gasteiger partial charge in [0.2, 0.25) is 5.67 Å². The molecule has 140 valence electrons. The van der Waals surface area contributed by atoms with Crippen LogP contribution in [0.15, 0.2) is 48.5 Å². The second-order valence-electron chi connectivity index (χ2n) is 7.23. The Morgan fingerprint density at radius 1 is 0.962 bits per heavy atom. The zero-order chi connectivity index (χ0) is 19.2. The van der Waals surface area contributed by atoms with Gasteiger partial charge in [0.15, 0.2) is 0 Å². The number of halogens is 5. The summed E-state index contributed by atoms with van der Waals surface area (Å²) in [4.78, 5) is 0. The Bertz CT molecular complexity index is 764. The van der Waals surface area contributed by atoms with E-state index in [1.54, 1.807) is 24.3 Å². The van der Waals surface area contributed by atoms with Gasteiger partial charge in [-0.1, -0.05) is 43.3 Å². The first-order chi connectivity index (χ1) is 12.1. The van der Waals surface area contributed by atoms with E-state index in [9.17, 15) is 22.0 Å². The van der Waals surface area contributed by atoms with E-state index in [0.717, 1.165) is 11.1 Å². The SMILES string of the molecule is CC(F)(c1ccc([C@@H]2CNC[C@]2(C)c2ccc(F)cc2)cc1)C(F)(F)F. The van der Waals surface area contributed by atoms with Gasteiger partial charge in [-0.05, 0) is 35.7 Å². The van der Waals surface area contributed by atoms with Gasteiger partial charge in [0.05, 0.1) is 0 Å². The zero-order valence-corrected chi connectivity index (χ0v) is 14.5. The Kier molecular flexibility index (Phi) is 4.59. The van der Waals surface area contributed by atoms with Crippen molar-refractivity contribution in [1.29, 1.82) is 0 Å². The molecule has 1 heterocycles. The highest BCUT2D eigenvalue weighted by molar-refractivity contribution is 5.38. The third kappa shape index (κ3) is 3.11. The molecular weight excluding hydrogens is 349 g/mol. The van der Waals surface area contributed by atoms with E-state index in [0.29, 0.717) is 20.0 Å². The summed E-state index contributed by atoms with van der Waals surface area (Å²) >= 11 is 0. The molecule has 0 spiro atoms. The summed E-state index contributed by atoms with van der Waals surface area (Å²) in [7, 11) is 0. The molecule has 1 N–H and O–H groups in total. The van der Waals surface area contributed by atoms with Gasteiger partial charge in [-0.3, -0.25) is 0 Å². The largest absolute Gasteiger partial charge is 0.426 e. The van der Waals surface area contributed by atoms with Crippen molar-refractivity contribution in [1.82, 2.24) is 5.32 Å². The lowest BCUT2D eigenvalue weighted by Gasteiger charge is -2.32. The molecule has 0 aromatic heterocycles. The number of hydrogen-bond donors (Lipinski definition) is 1. The van der Waals surface area contributed by atoms with E-state index in [4.69, 9.17) is 0 Å². The van der Waals surface area contributed by atoms with Crippen LogP contribution >= 0.6 is 0 Å². The lowest BCUT2D eigenvalue weighted by Crippen LogP contribution is -2.35. The van der Waals surface area contributed by atoms with E-state index < -0.39 is 17.4 Å². The maximum absolute atomic E-state index is 14.1. The van der Waals surface area contributed by atoms with Gasteiger partial charge in [0.1, 0.15) is 5.82 Å². The summed E-state index contributed by atoms with van der Waals surface area (Å²) in [5, 5.41) is 3.30. The minimum absolute atomic E-state index is 0.0150. The van der Waals surface area contributed by atoms with E-state index in [1.807, 2.05) is 6.92 Å². The number of rotatable bonds is 3. The van der Waals surface area contributed by atoms with Crippen LogP contribution in [0, 0.1) is 5.82 Å². The van der Waals surface area contributed by atoms with Crippen LogP contribution in [0.25, 0.3) is 0 Å². The summed E-state index contributed by atoms with van der Waals surface area (Å²) in [6, 6.07) is 11.8. The fraction of sp³-hybridized carbons (Fsp3) is 0.400. The Morgan fingerprint density at radius 3 is 2.08 bits per heavy atom. The van der Waals surface area contributed by atoms with Gasteiger partial charge in [-0.25, -0.2) is 8.78 Å². The summed E-state index contributed by atoms with van der Waals surface area (Å²) in [6.45, 7) is 3.86. The van der Waals surface area contributed by atoms with E-state index in [2.05, 4.69) is 5.32 Å². The zero-order valence-electron chi connectivity index (χ0n) is 14.5. The number of alkyl halides is 4. The first-order valence-electron chi connectivity index (χ1n) is 8.38. The predicted octanol–water partition coefficient (Wildman–Crippen LogP) is 5.22. The lowest BCUT2D eigenvalue weighted by molar-refractivity contribution is -0.228. The van der Waals surface area contributed by atoms with Gasteiger partial charge in [-0.15, -0.1) is 0 Å². The summed E-state index contributed by atoms with van der Waals surface area (Å²) < 4.78 is 66.0. The minimum atomic E-state index is -4.97. The van der Waals surface area contributed by atoms with Crippen LogP contribution in [0.5, 0.6) is 0 Å². The van der Waals surface area contributed by atoms with Gasteiger partial charge in [0.25, 0.3) is 0 Å². The molecule has 1 aliphatic heterocycles. The molecule has 3 rings (SSSR count). The van der Waals surface area contributed by atoms with Crippen molar-refractivity contribution in [2.75, 3.05) is 13.1 Å². The molecule has 26 heavy (non-hydrogen) atoms. The van der Waals surface area contributed by atoms with Crippen LogP contribution in [-0.2, 0) is 11.1 Å². The highest BCUT2D eigenvalue weighted by Crippen LogP contribution is 2.44. The molecular formula is C20H20F5N. The van der Waals surface area contributed by atoms with Gasteiger partial charge < -0.3 is 5.32 Å². The van der Waals surface area contributed by atoms with Crippen molar-refractivity contribution in [3.05, 3.63) is 71.0 Å². The number of hydrogen-bond acceptors (Lipinski definition) is 1. The van der Waals surface area contributed by atoms with Crippen LogP contribution < -0.4 is 5.32 Å². The fourth-order valence-corrected chi connectivity index (χ4v) is 3.64. The van der Waals surface area contributed by atoms with Gasteiger partial charge >= 0.3 is 6.18 Å². The quantitative estimate of drug-likeness (QED) is 0.732. The number of nitrogens with one attached hydrogen (secondary N) is 1. The molecule has 3 atom stereocenters. The molecule has 1 nitrogen and oxygen atoms in total. The smallest absolute Gasteiger partial charge is 0.315 e. The highest BCUT2D eigenvalue weighted by atomic mass is 19.4. The van der Waals surface area contributed by atoms with Crippen molar-refractivity contribution in [3.8, 4) is 0 Å². The van der Waals surface area contributed by atoms with Gasteiger partial charge in [0, 0.05) is 24.4 Å². The topological polar surface area (TPSA) is 12.0 Å². The van der Waals surface area contributed by atoms with Crippen molar-refractivity contribution in [2.24, 2.45) is 0 Å². The molecule has 1 unspecified atom stereocenters. The average Bonchev–Trinajstić information content (AvgIpc) is 2.97. The molecule has 0 aliphatic carbocycles. The third-order valence-corrected chi connectivity index (χ3v) is 5.50. The Hall–Kier alpha value is -1.95. The summed E-state index contributed by atoms with van der Waals surface area (Å²) in [5.74, 6) is -0.336. The molecule has 2 aromatic carbocycles.